The lowest BCUT2D eigenvalue weighted by Crippen LogP contribution is -2.34. The molecule has 3 aliphatic rings. The zero-order valence-corrected chi connectivity index (χ0v) is 16.5. The van der Waals surface area contributed by atoms with E-state index in [1.807, 2.05) is 13.8 Å². The second kappa shape index (κ2) is 6.27. The van der Waals surface area contributed by atoms with E-state index < -0.39 is 17.7 Å². The molecule has 5 rings (SSSR count). The topological polar surface area (TPSA) is 47.6 Å². The Hall–Kier alpha value is -2.96. The van der Waals surface area contributed by atoms with E-state index >= 15 is 0 Å². The van der Waals surface area contributed by atoms with Crippen LogP contribution in [-0.4, -0.2) is 12.6 Å². The molecular weight excluding hydrogens is 395 g/mol. The Bertz CT molecular complexity index is 1100. The number of ketones is 1. The smallest absolute Gasteiger partial charge is 0.416 e. The third-order valence-electron chi connectivity index (χ3n) is 5.93. The Balaban J connectivity index is 1.78. The van der Waals surface area contributed by atoms with E-state index in [0.717, 1.165) is 6.07 Å². The van der Waals surface area contributed by atoms with E-state index in [1.54, 1.807) is 18.2 Å². The van der Waals surface area contributed by atoms with Crippen molar-refractivity contribution in [3.05, 3.63) is 64.4 Å². The van der Waals surface area contributed by atoms with Crippen molar-refractivity contribution in [1.29, 1.82) is 0 Å². The van der Waals surface area contributed by atoms with Crippen LogP contribution in [0.5, 0.6) is 11.5 Å². The number of benzene rings is 2. The molecule has 0 amide bonds. The normalized spacial score (nSPS) is 21.8. The second-order valence-corrected chi connectivity index (χ2v) is 8.77. The molecule has 0 fully saturated rings. The van der Waals surface area contributed by atoms with Gasteiger partial charge in [-0.05, 0) is 35.1 Å². The highest BCUT2D eigenvalue weighted by Gasteiger charge is 2.44. The number of nitrogens with one attached hydrogen (secondary N) is 1. The van der Waals surface area contributed by atoms with Crippen molar-refractivity contribution in [1.82, 2.24) is 0 Å². The molecule has 0 radical (unpaired) electrons. The van der Waals surface area contributed by atoms with Gasteiger partial charge in [-0.2, -0.15) is 13.2 Å². The summed E-state index contributed by atoms with van der Waals surface area (Å²) in [6.07, 6.45) is -3.67. The number of allylic oxidation sites excluding steroid dienone is 2. The van der Waals surface area contributed by atoms with Crippen LogP contribution in [0.25, 0.3) is 0 Å². The predicted octanol–water partition coefficient (Wildman–Crippen LogP) is 5.63. The first kappa shape index (κ1) is 19.0. The van der Waals surface area contributed by atoms with Crippen molar-refractivity contribution in [2.24, 2.45) is 5.41 Å². The first-order valence-corrected chi connectivity index (χ1v) is 9.77. The van der Waals surface area contributed by atoms with Crippen molar-refractivity contribution in [2.45, 2.75) is 38.8 Å². The van der Waals surface area contributed by atoms with E-state index in [1.165, 1.54) is 12.1 Å². The van der Waals surface area contributed by atoms with E-state index in [0.29, 0.717) is 40.4 Å². The summed E-state index contributed by atoms with van der Waals surface area (Å²) in [4.78, 5) is 13.2. The molecule has 2 heterocycles. The number of ether oxygens (including phenoxy) is 2. The summed E-state index contributed by atoms with van der Waals surface area (Å²) < 4.78 is 52.6. The Morgan fingerprint density at radius 1 is 1.03 bits per heavy atom. The average Bonchev–Trinajstić information content (AvgIpc) is 3.10. The minimum atomic E-state index is -4.53. The number of rotatable bonds is 1. The number of fused-ring (bicyclic) bond motifs is 2. The summed E-state index contributed by atoms with van der Waals surface area (Å²) in [7, 11) is 0. The highest BCUT2D eigenvalue weighted by molar-refractivity contribution is 6.02. The van der Waals surface area contributed by atoms with Crippen molar-refractivity contribution < 1.29 is 27.4 Å². The summed E-state index contributed by atoms with van der Waals surface area (Å²) >= 11 is 0. The van der Waals surface area contributed by atoms with Crippen LogP contribution >= 0.6 is 0 Å². The number of hydrogen-bond acceptors (Lipinski definition) is 4. The van der Waals surface area contributed by atoms with Crippen molar-refractivity contribution >= 4 is 11.5 Å². The molecular formula is C23H20F3NO3. The van der Waals surface area contributed by atoms with Gasteiger partial charge in [0.25, 0.3) is 0 Å². The highest BCUT2D eigenvalue weighted by atomic mass is 19.4. The van der Waals surface area contributed by atoms with Crippen LogP contribution in [0.4, 0.5) is 18.9 Å². The lowest BCUT2D eigenvalue weighted by molar-refractivity contribution is -0.138. The molecule has 0 saturated heterocycles. The van der Waals surface area contributed by atoms with Crippen LogP contribution in [0.2, 0.25) is 0 Å². The summed E-state index contributed by atoms with van der Waals surface area (Å²) in [5.74, 6) is 0.0541. The van der Waals surface area contributed by atoms with Crippen molar-refractivity contribution in [3.8, 4) is 11.5 Å². The molecule has 1 N–H and O–H groups in total. The number of anilines is 1. The monoisotopic (exact) mass is 415 g/mol. The van der Waals surface area contributed by atoms with Crippen LogP contribution < -0.4 is 14.8 Å². The molecule has 0 aromatic heterocycles. The minimum Gasteiger partial charge on any atom is -0.454 e. The first-order valence-electron chi connectivity index (χ1n) is 9.77. The van der Waals surface area contributed by atoms with E-state index in [9.17, 15) is 18.0 Å². The quantitative estimate of drug-likeness (QED) is 0.655. The maximum atomic E-state index is 13.9. The molecule has 156 valence electrons. The number of Topliss-reactive ketones (excluding diaryl/α,β-unsaturated/α-hetero) is 1. The first-order chi connectivity index (χ1) is 14.1. The molecule has 4 nitrogen and oxygen atoms in total. The maximum Gasteiger partial charge on any atom is 0.416 e. The fraction of sp³-hybridized carbons (Fsp3) is 0.348. The van der Waals surface area contributed by atoms with Gasteiger partial charge in [0.2, 0.25) is 6.79 Å². The molecule has 1 atom stereocenters. The van der Waals surface area contributed by atoms with Crippen LogP contribution in [0.3, 0.4) is 0 Å². The molecule has 2 aromatic rings. The van der Waals surface area contributed by atoms with Gasteiger partial charge in [-0.1, -0.05) is 32.0 Å². The number of carbonyl (C=O) groups is 1. The Morgan fingerprint density at radius 3 is 2.47 bits per heavy atom. The van der Waals surface area contributed by atoms with E-state index in [2.05, 4.69) is 5.32 Å². The van der Waals surface area contributed by atoms with E-state index in [4.69, 9.17) is 9.47 Å². The second-order valence-electron chi connectivity index (χ2n) is 8.77. The third kappa shape index (κ3) is 2.95. The Kier molecular flexibility index (Phi) is 3.98. The number of hydrogen-bond donors (Lipinski definition) is 1. The van der Waals surface area contributed by atoms with Gasteiger partial charge in [0.1, 0.15) is 0 Å². The van der Waals surface area contributed by atoms with Crippen LogP contribution in [0, 0.1) is 5.41 Å². The van der Waals surface area contributed by atoms with Crippen LogP contribution in [0.15, 0.2) is 47.7 Å². The van der Waals surface area contributed by atoms with Gasteiger partial charge in [-0.15, -0.1) is 0 Å². The fourth-order valence-corrected chi connectivity index (χ4v) is 4.73. The lowest BCUT2D eigenvalue weighted by Gasteiger charge is -2.40. The SMILES string of the molecule is CC1(C)CC(=O)C2=C(C1)Nc1cc3c(cc1C2c1ccccc1C(F)(F)F)OCO3. The number of alkyl halides is 3. The standard InChI is InChI=1S/C23H20F3NO3/c1-22(2)9-16-21(17(28)10-22)20(12-5-3-4-6-14(12)23(24,25)26)13-7-18-19(30-11-29-18)8-15(13)27-16/h3-8,20,27H,9-11H2,1-2H3. The number of halogens is 3. The molecule has 30 heavy (non-hydrogen) atoms. The largest absolute Gasteiger partial charge is 0.454 e. The van der Waals surface area contributed by atoms with Gasteiger partial charge < -0.3 is 14.8 Å². The van der Waals surface area contributed by atoms with Gasteiger partial charge in [-0.25, -0.2) is 0 Å². The van der Waals surface area contributed by atoms with E-state index in [-0.39, 0.29) is 30.0 Å². The molecule has 0 bridgehead atoms. The molecule has 0 spiro atoms. The average molecular weight is 415 g/mol. The molecule has 0 saturated carbocycles. The maximum absolute atomic E-state index is 13.9. The summed E-state index contributed by atoms with van der Waals surface area (Å²) in [5.41, 5.74) is 1.40. The summed E-state index contributed by atoms with van der Waals surface area (Å²) in [5, 5.41) is 3.31. The number of carbonyl (C=O) groups excluding carboxylic acids is 1. The van der Waals surface area contributed by atoms with Crippen LogP contribution in [0.1, 0.15) is 49.3 Å². The lowest BCUT2D eigenvalue weighted by atomic mass is 9.68. The zero-order valence-electron chi connectivity index (χ0n) is 16.5. The molecule has 1 unspecified atom stereocenters. The predicted molar refractivity (Wildman–Crippen MR) is 105 cm³/mol. The summed E-state index contributed by atoms with van der Waals surface area (Å²) in [6, 6.07) is 8.92. The minimum absolute atomic E-state index is 0.0567. The Labute approximate surface area is 171 Å². The molecule has 1 aliphatic carbocycles. The van der Waals surface area contributed by atoms with Crippen LogP contribution in [-0.2, 0) is 11.0 Å². The van der Waals surface area contributed by atoms with Gasteiger partial charge in [0.05, 0.1) is 5.56 Å². The van der Waals surface area contributed by atoms with Gasteiger partial charge in [0.15, 0.2) is 17.3 Å². The zero-order chi connectivity index (χ0) is 21.3. The summed E-state index contributed by atoms with van der Waals surface area (Å²) in [6.45, 7) is 4.04. The van der Waals surface area contributed by atoms with Crippen molar-refractivity contribution in [2.75, 3.05) is 12.1 Å². The third-order valence-corrected chi connectivity index (χ3v) is 5.93. The molecule has 2 aromatic carbocycles. The van der Waals surface area contributed by atoms with Crippen molar-refractivity contribution in [3.63, 3.8) is 0 Å². The molecule has 2 aliphatic heterocycles. The fourth-order valence-electron chi connectivity index (χ4n) is 4.73. The highest BCUT2D eigenvalue weighted by Crippen LogP contribution is 2.53. The van der Waals surface area contributed by atoms with Gasteiger partial charge >= 0.3 is 6.18 Å². The molecule has 7 heteroatoms. The van der Waals surface area contributed by atoms with Gasteiger partial charge in [-0.3, -0.25) is 4.79 Å². The Morgan fingerprint density at radius 2 is 1.73 bits per heavy atom. The van der Waals surface area contributed by atoms with Gasteiger partial charge in [0, 0.05) is 35.4 Å².